The van der Waals surface area contributed by atoms with Gasteiger partial charge >= 0.3 is 0 Å². The zero-order valence-electron chi connectivity index (χ0n) is 10.6. The fourth-order valence-electron chi connectivity index (χ4n) is 2.24. The minimum absolute atomic E-state index is 0.125. The summed E-state index contributed by atoms with van der Waals surface area (Å²) in [5.74, 6) is 0.544. The van der Waals surface area contributed by atoms with Gasteiger partial charge in [-0.1, -0.05) is 19.9 Å². The van der Waals surface area contributed by atoms with Crippen LogP contribution >= 0.6 is 0 Å². The zero-order valence-corrected chi connectivity index (χ0v) is 10.6. The van der Waals surface area contributed by atoms with Gasteiger partial charge in [-0.15, -0.1) is 0 Å². The summed E-state index contributed by atoms with van der Waals surface area (Å²) >= 11 is 0. The lowest BCUT2D eigenvalue weighted by molar-refractivity contribution is 0.430. The summed E-state index contributed by atoms with van der Waals surface area (Å²) in [5, 5.41) is 6.93. The molecule has 17 heavy (non-hydrogen) atoms. The summed E-state index contributed by atoms with van der Waals surface area (Å²) in [6.07, 6.45) is 0.915. The van der Waals surface area contributed by atoms with Crippen molar-refractivity contribution in [2.45, 2.75) is 32.9 Å². The van der Waals surface area contributed by atoms with Crippen molar-refractivity contribution < 1.29 is 4.39 Å². The van der Waals surface area contributed by atoms with Crippen LogP contribution in [0.3, 0.4) is 0 Å². The van der Waals surface area contributed by atoms with E-state index in [0.717, 1.165) is 31.6 Å². The predicted octanol–water partition coefficient (Wildman–Crippen LogP) is 2.09. The second-order valence-corrected chi connectivity index (χ2v) is 5.25. The van der Waals surface area contributed by atoms with Gasteiger partial charge in [0, 0.05) is 19.1 Å². The van der Waals surface area contributed by atoms with Gasteiger partial charge in [-0.3, -0.25) is 0 Å². The second kappa shape index (κ2) is 5.61. The summed E-state index contributed by atoms with van der Waals surface area (Å²) < 4.78 is 13.1. The molecule has 1 unspecified atom stereocenters. The third-order valence-electron chi connectivity index (χ3n) is 3.16. The van der Waals surface area contributed by atoms with E-state index < -0.39 is 0 Å². The third-order valence-corrected chi connectivity index (χ3v) is 3.16. The van der Waals surface area contributed by atoms with Crippen LogP contribution in [0, 0.1) is 11.7 Å². The number of halogens is 1. The number of nitrogens with one attached hydrogen (secondary N) is 2. The molecule has 1 atom stereocenters. The average Bonchev–Trinajstić information content (AvgIpc) is 2.28. The Labute approximate surface area is 103 Å². The first-order chi connectivity index (χ1) is 8.15. The smallest absolute Gasteiger partial charge is 0.123 e. The van der Waals surface area contributed by atoms with Crippen molar-refractivity contribution in [2.24, 2.45) is 5.92 Å². The van der Waals surface area contributed by atoms with Gasteiger partial charge in [-0.25, -0.2) is 4.39 Å². The standard InChI is InChI=1S/C14H21FN2/c1-10(2)7-16-9-14-6-12-5-13(15)4-3-11(12)8-17-14/h3-5,10,14,16-17H,6-9H2,1-2H3. The maximum atomic E-state index is 13.1. The molecule has 1 aliphatic rings. The highest BCUT2D eigenvalue weighted by Gasteiger charge is 2.17. The Hall–Kier alpha value is -0.930. The molecule has 1 aliphatic heterocycles. The van der Waals surface area contributed by atoms with E-state index in [2.05, 4.69) is 24.5 Å². The van der Waals surface area contributed by atoms with Crippen LogP contribution in [0.4, 0.5) is 4.39 Å². The average molecular weight is 236 g/mol. The van der Waals surface area contributed by atoms with E-state index in [0.29, 0.717) is 12.0 Å². The molecule has 2 nitrogen and oxygen atoms in total. The molecule has 2 rings (SSSR count). The molecular formula is C14H21FN2. The van der Waals surface area contributed by atoms with Crippen LogP contribution in [0.1, 0.15) is 25.0 Å². The molecule has 0 bridgehead atoms. The number of fused-ring (bicyclic) bond motifs is 1. The summed E-state index contributed by atoms with van der Waals surface area (Å²) in [7, 11) is 0. The van der Waals surface area contributed by atoms with Gasteiger partial charge in [0.05, 0.1) is 0 Å². The van der Waals surface area contributed by atoms with Gasteiger partial charge in [-0.2, -0.15) is 0 Å². The van der Waals surface area contributed by atoms with Crippen LogP contribution < -0.4 is 10.6 Å². The molecule has 1 aromatic carbocycles. The monoisotopic (exact) mass is 236 g/mol. The minimum atomic E-state index is -0.125. The maximum Gasteiger partial charge on any atom is 0.123 e. The minimum Gasteiger partial charge on any atom is -0.315 e. The van der Waals surface area contributed by atoms with E-state index in [4.69, 9.17) is 0 Å². The van der Waals surface area contributed by atoms with E-state index in [1.54, 1.807) is 6.07 Å². The summed E-state index contributed by atoms with van der Waals surface area (Å²) in [5.41, 5.74) is 2.38. The molecular weight excluding hydrogens is 215 g/mol. The Morgan fingerprint density at radius 2 is 2.24 bits per heavy atom. The van der Waals surface area contributed by atoms with E-state index in [1.807, 2.05) is 6.07 Å². The number of benzene rings is 1. The van der Waals surface area contributed by atoms with Crippen LogP contribution in [-0.2, 0) is 13.0 Å². The van der Waals surface area contributed by atoms with Crippen LogP contribution in [0.15, 0.2) is 18.2 Å². The Morgan fingerprint density at radius 1 is 1.41 bits per heavy atom. The molecule has 0 radical (unpaired) electrons. The van der Waals surface area contributed by atoms with Gasteiger partial charge in [0.2, 0.25) is 0 Å². The molecule has 0 saturated heterocycles. The molecule has 0 saturated carbocycles. The molecule has 2 N–H and O–H groups in total. The molecule has 1 aromatic rings. The van der Waals surface area contributed by atoms with Crippen LogP contribution in [0.2, 0.25) is 0 Å². The highest BCUT2D eigenvalue weighted by Crippen LogP contribution is 2.17. The third kappa shape index (κ3) is 3.51. The van der Waals surface area contributed by atoms with E-state index in [-0.39, 0.29) is 5.82 Å². The Kier molecular flexibility index (Phi) is 4.13. The Morgan fingerprint density at radius 3 is 3.00 bits per heavy atom. The lowest BCUT2D eigenvalue weighted by Crippen LogP contribution is -2.43. The van der Waals surface area contributed by atoms with Crippen LogP contribution in [-0.4, -0.2) is 19.1 Å². The van der Waals surface area contributed by atoms with Gasteiger partial charge in [0.1, 0.15) is 5.82 Å². The van der Waals surface area contributed by atoms with E-state index >= 15 is 0 Å². The SMILES string of the molecule is CC(C)CNCC1Cc2cc(F)ccc2CN1. The fourth-order valence-corrected chi connectivity index (χ4v) is 2.24. The van der Waals surface area contributed by atoms with Crippen molar-refractivity contribution >= 4 is 0 Å². The van der Waals surface area contributed by atoms with Crippen molar-refractivity contribution in [1.29, 1.82) is 0 Å². The topological polar surface area (TPSA) is 24.1 Å². The Balaban J connectivity index is 1.89. The second-order valence-electron chi connectivity index (χ2n) is 5.25. The van der Waals surface area contributed by atoms with Crippen molar-refractivity contribution in [3.63, 3.8) is 0 Å². The maximum absolute atomic E-state index is 13.1. The molecule has 0 fully saturated rings. The predicted molar refractivity (Wildman–Crippen MR) is 68.4 cm³/mol. The fraction of sp³-hybridized carbons (Fsp3) is 0.571. The normalized spacial score (nSPS) is 19.4. The lowest BCUT2D eigenvalue weighted by atomic mass is 9.95. The van der Waals surface area contributed by atoms with Crippen LogP contribution in [0.25, 0.3) is 0 Å². The molecule has 0 spiro atoms. The van der Waals surface area contributed by atoms with Crippen molar-refractivity contribution in [2.75, 3.05) is 13.1 Å². The van der Waals surface area contributed by atoms with Gasteiger partial charge in [0.25, 0.3) is 0 Å². The van der Waals surface area contributed by atoms with E-state index in [1.165, 1.54) is 11.6 Å². The van der Waals surface area contributed by atoms with Crippen molar-refractivity contribution in [1.82, 2.24) is 10.6 Å². The first-order valence-corrected chi connectivity index (χ1v) is 6.36. The van der Waals surface area contributed by atoms with Gasteiger partial charge < -0.3 is 10.6 Å². The molecule has 94 valence electrons. The molecule has 3 heteroatoms. The molecule has 1 heterocycles. The highest BCUT2D eigenvalue weighted by atomic mass is 19.1. The lowest BCUT2D eigenvalue weighted by Gasteiger charge is -2.26. The summed E-state index contributed by atoms with van der Waals surface area (Å²) in [4.78, 5) is 0. The summed E-state index contributed by atoms with van der Waals surface area (Å²) in [6, 6.07) is 5.52. The largest absolute Gasteiger partial charge is 0.315 e. The van der Waals surface area contributed by atoms with Gasteiger partial charge in [-0.05, 0) is 42.1 Å². The summed E-state index contributed by atoms with van der Waals surface area (Å²) in [6.45, 7) is 7.24. The first kappa shape index (κ1) is 12.5. The van der Waals surface area contributed by atoms with Crippen molar-refractivity contribution in [3.8, 4) is 0 Å². The quantitative estimate of drug-likeness (QED) is 0.836. The van der Waals surface area contributed by atoms with Crippen LogP contribution in [0.5, 0.6) is 0 Å². The highest BCUT2D eigenvalue weighted by molar-refractivity contribution is 5.30. The number of hydrogen-bond donors (Lipinski definition) is 2. The zero-order chi connectivity index (χ0) is 12.3. The molecule has 0 amide bonds. The molecule has 0 aliphatic carbocycles. The van der Waals surface area contributed by atoms with Crippen molar-refractivity contribution in [3.05, 3.63) is 35.1 Å². The first-order valence-electron chi connectivity index (χ1n) is 6.36. The number of hydrogen-bond acceptors (Lipinski definition) is 2. The van der Waals surface area contributed by atoms with Gasteiger partial charge in [0.15, 0.2) is 0 Å². The van der Waals surface area contributed by atoms with E-state index in [9.17, 15) is 4.39 Å². The molecule has 0 aromatic heterocycles. The Bertz CT molecular complexity index is 376. The number of rotatable bonds is 4.